The summed E-state index contributed by atoms with van der Waals surface area (Å²) in [6.45, 7) is 2.81. The van der Waals surface area contributed by atoms with Crippen molar-refractivity contribution in [1.29, 1.82) is 0 Å². The summed E-state index contributed by atoms with van der Waals surface area (Å²) >= 11 is 0. The summed E-state index contributed by atoms with van der Waals surface area (Å²) in [5, 5.41) is 19.4. The van der Waals surface area contributed by atoms with Gasteiger partial charge in [-0.15, -0.1) is 10.2 Å². The number of aromatic nitrogens is 2. The molecule has 0 unspecified atom stereocenters. The van der Waals surface area contributed by atoms with Gasteiger partial charge in [-0.25, -0.2) is 4.79 Å². The van der Waals surface area contributed by atoms with Crippen molar-refractivity contribution < 1.29 is 28.6 Å². The highest BCUT2D eigenvalue weighted by atomic mass is 16.5. The van der Waals surface area contributed by atoms with Crippen LogP contribution < -0.4 is 5.32 Å². The van der Waals surface area contributed by atoms with Gasteiger partial charge in [0.05, 0.1) is 0 Å². The first-order valence-electron chi connectivity index (χ1n) is 15.2. The van der Waals surface area contributed by atoms with E-state index in [0.29, 0.717) is 37.1 Å². The molecule has 10 nitrogen and oxygen atoms in total. The van der Waals surface area contributed by atoms with Crippen LogP contribution in [0.1, 0.15) is 46.6 Å². The number of ether oxygens (including phenoxy) is 2. The third-order valence-electron chi connectivity index (χ3n) is 6.57. The van der Waals surface area contributed by atoms with Crippen molar-refractivity contribution in [2.24, 2.45) is 0 Å². The van der Waals surface area contributed by atoms with Crippen molar-refractivity contribution in [2.45, 2.75) is 38.7 Å². The molecule has 0 aliphatic rings. The van der Waals surface area contributed by atoms with Crippen LogP contribution in [0.25, 0.3) is 11.5 Å². The fourth-order valence-electron chi connectivity index (χ4n) is 4.26. The van der Waals surface area contributed by atoms with Crippen LogP contribution in [-0.4, -0.2) is 79.1 Å². The van der Waals surface area contributed by atoms with Crippen molar-refractivity contribution in [1.82, 2.24) is 20.4 Å². The van der Waals surface area contributed by atoms with Gasteiger partial charge in [0.15, 0.2) is 0 Å². The Morgan fingerprint density at radius 2 is 1.40 bits per heavy atom. The molecule has 0 saturated carbocycles. The molecular weight excluding hydrogens is 572 g/mol. The standard InChI is InChI=1S/C24H30N4O3.C11H14O3/c1-28(2)16-7-15-25-23(29)20-11-13-21(14-12-20)24-27-26-22(31-24)18-30-17-6-10-19-8-4-3-5-9-19;12-11(13)9-14-8-4-7-10-5-2-1-3-6-10/h3-5,8-9,11-14H,6-7,10,15-18H2,1-2H3,(H,25,29);1-3,5-6H,4,7-9H2,(H,12,13). The van der Waals surface area contributed by atoms with E-state index >= 15 is 0 Å². The zero-order valence-corrected chi connectivity index (χ0v) is 26.2. The monoisotopic (exact) mass is 616 g/mol. The van der Waals surface area contributed by atoms with E-state index in [4.69, 9.17) is 19.0 Å². The number of carboxylic acids is 1. The Morgan fingerprint density at radius 1 is 0.800 bits per heavy atom. The third-order valence-corrected chi connectivity index (χ3v) is 6.57. The number of nitrogens with zero attached hydrogens (tertiary/aromatic N) is 3. The zero-order valence-electron chi connectivity index (χ0n) is 26.2. The van der Waals surface area contributed by atoms with Gasteiger partial charge in [0.2, 0.25) is 11.8 Å². The highest BCUT2D eigenvalue weighted by Crippen LogP contribution is 2.19. The van der Waals surface area contributed by atoms with Gasteiger partial charge in [-0.3, -0.25) is 4.79 Å². The molecule has 45 heavy (non-hydrogen) atoms. The first kappa shape index (κ1) is 35.1. The van der Waals surface area contributed by atoms with Crippen LogP contribution in [0.2, 0.25) is 0 Å². The number of aryl methyl sites for hydroxylation is 2. The van der Waals surface area contributed by atoms with E-state index in [2.05, 4.69) is 44.7 Å². The largest absolute Gasteiger partial charge is 0.480 e. The molecule has 0 aliphatic carbocycles. The van der Waals surface area contributed by atoms with E-state index in [1.807, 2.05) is 62.6 Å². The Labute approximate surface area is 265 Å². The molecule has 0 saturated heterocycles. The maximum atomic E-state index is 12.2. The molecule has 4 aromatic rings. The smallest absolute Gasteiger partial charge is 0.329 e. The number of nitrogens with one attached hydrogen (secondary N) is 1. The van der Waals surface area contributed by atoms with E-state index in [1.165, 1.54) is 11.1 Å². The lowest BCUT2D eigenvalue weighted by molar-refractivity contribution is -0.142. The van der Waals surface area contributed by atoms with Crippen LogP contribution >= 0.6 is 0 Å². The van der Waals surface area contributed by atoms with E-state index in [0.717, 1.165) is 44.2 Å². The molecule has 4 rings (SSSR count). The van der Waals surface area contributed by atoms with Crippen molar-refractivity contribution in [3.63, 3.8) is 0 Å². The Kier molecular flexibility index (Phi) is 16.0. The second-order valence-corrected chi connectivity index (χ2v) is 10.7. The van der Waals surface area contributed by atoms with Gasteiger partial charge >= 0.3 is 5.97 Å². The van der Waals surface area contributed by atoms with Crippen molar-refractivity contribution in [2.75, 3.05) is 47.0 Å². The summed E-state index contributed by atoms with van der Waals surface area (Å²) in [6, 6.07) is 27.6. The molecule has 0 radical (unpaired) electrons. The lowest BCUT2D eigenvalue weighted by Gasteiger charge is -2.10. The molecule has 10 heteroatoms. The highest BCUT2D eigenvalue weighted by Gasteiger charge is 2.11. The predicted octanol–water partition coefficient (Wildman–Crippen LogP) is 5.29. The molecule has 0 bridgehead atoms. The number of rotatable bonds is 18. The van der Waals surface area contributed by atoms with E-state index in [-0.39, 0.29) is 19.1 Å². The molecule has 0 spiro atoms. The fraction of sp³-hybridized carbons (Fsp3) is 0.371. The molecular formula is C35H44N4O6. The molecule has 3 aromatic carbocycles. The summed E-state index contributed by atoms with van der Waals surface area (Å²) in [5.74, 6) is -0.136. The SMILES string of the molecule is CN(C)CCCNC(=O)c1ccc(-c2nnc(COCCCc3ccccc3)o2)cc1.O=C(O)COCCCc1ccccc1. The number of carbonyl (C=O) groups excluding carboxylic acids is 1. The molecule has 2 N–H and O–H groups in total. The minimum absolute atomic E-state index is 0.0829. The van der Waals surface area contributed by atoms with E-state index < -0.39 is 5.97 Å². The van der Waals surface area contributed by atoms with Crippen LogP contribution in [0.4, 0.5) is 0 Å². The second-order valence-electron chi connectivity index (χ2n) is 10.7. The minimum atomic E-state index is -0.912. The first-order valence-corrected chi connectivity index (χ1v) is 15.2. The predicted molar refractivity (Wildman–Crippen MR) is 173 cm³/mol. The van der Waals surface area contributed by atoms with Crippen LogP contribution in [0.3, 0.4) is 0 Å². The van der Waals surface area contributed by atoms with Crippen LogP contribution in [0.15, 0.2) is 89.3 Å². The quantitative estimate of drug-likeness (QED) is 0.143. The van der Waals surface area contributed by atoms with Gasteiger partial charge in [0, 0.05) is 30.9 Å². The summed E-state index contributed by atoms with van der Waals surface area (Å²) in [4.78, 5) is 24.4. The van der Waals surface area contributed by atoms with Crippen molar-refractivity contribution >= 4 is 11.9 Å². The normalized spacial score (nSPS) is 10.7. The zero-order chi connectivity index (χ0) is 32.1. The van der Waals surface area contributed by atoms with Crippen LogP contribution in [0, 0.1) is 0 Å². The molecule has 240 valence electrons. The summed E-state index contributed by atoms with van der Waals surface area (Å²) in [7, 11) is 4.03. The Bertz CT molecular complexity index is 1380. The van der Waals surface area contributed by atoms with Gasteiger partial charge in [-0.05, 0) is 88.1 Å². The number of benzene rings is 3. The van der Waals surface area contributed by atoms with Crippen LogP contribution in [-0.2, 0) is 33.7 Å². The fourth-order valence-corrected chi connectivity index (χ4v) is 4.26. The van der Waals surface area contributed by atoms with Gasteiger partial charge in [-0.1, -0.05) is 60.7 Å². The van der Waals surface area contributed by atoms with Gasteiger partial charge in [0.25, 0.3) is 5.91 Å². The van der Waals surface area contributed by atoms with E-state index in [9.17, 15) is 9.59 Å². The number of carbonyl (C=O) groups is 2. The summed E-state index contributed by atoms with van der Waals surface area (Å²) < 4.78 is 16.3. The molecule has 1 amide bonds. The maximum absolute atomic E-state index is 12.2. The van der Waals surface area contributed by atoms with Crippen molar-refractivity contribution in [3.8, 4) is 11.5 Å². The molecule has 0 aliphatic heterocycles. The first-order chi connectivity index (χ1) is 21.9. The average Bonchev–Trinajstić information content (AvgIpc) is 3.53. The van der Waals surface area contributed by atoms with Gasteiger partial charge < -0.3 is 29.2 Å². The highest BCUT2D eigenvalue weighted by molar-refractivity contribution is 5.94. The maximum Gasteiger partial charge on any atom is 0.329 e. The number of aliphatic carboxylic acids is 1. The van der Waals surface area contributed by atoms with Gasteiger partial charge in [-0.2, -0.15) is 0 Å². The van der Waals surface area contributed by atoms with Crippen molar-refractivity contribution in [3.05, 3.63) is 108 Å². The summed E-state index contributed by atoms with van der Waals surface area (Å²) in [5.41, 5.74) is 3.94. The molecule has 0 fully saturated rings. The van der Waals surface area contributed by atoms with E-state index in [1.54, 1.807) is 12.1 Å². The lowest BCUT2D eigenvalue weighted by atomic mass is 10.1. The second kappa shape index (κ2) is 20.6. The average molecular weight is 617 g/mol. The topological polar surface area (TPSA) is 127 Å². The molecule has 1 aromatic heterocycles. The van der Waals surface area contributed by atoms with Gasteiger partial charge in [0.1, 0.15) is 13.2 Å². The number of hydrogen-bond acceptors (Lipinski definition) is 8. The number of carboxylic acid groups (broad SMARTS) is 1. The third kappa shape index (κ3) is 14.8. The Balaban J connectivity index is 0.000000330. The van der Waals surface area contributed by atoms with Crippen LogP contribution in [0.5, 0.6) is 0 Å². The Morgan fingerprint density at radius 3 is 1.98 bits per heavy atom. The summed E-state index contributed by atoms with van der Waals surface area (Å²) in [6.07, 6.45) is 4.61. The number of hydrogen-bond donors (Lipinski definition) is 2. The molecule has 0 atom stereocenters. The number of amides is 1. The Hall–Kier alpha value is -4.38. The molecule has 1 heterocycles. The minimum Gasteiger partial charge on any atom is -0.480 e. The lowest BCUT2D eigenvalue weighted by Crippen LogP contribution is -2.27.